The van der Waals surface area contributed by atoms with E-state index >= 15 is 0 Å². The van der Waals surface area contributed by atoms with Crippen molar-refractivity contribution in [2.75, 3.05) is 0 Å². The van der Waals surface area contributed by atoms with Gasteiger partial charge in [-0.2, -0.15) is 0 Å². The van der Waals surface area contributed by atoms with Crippen LogP contribution in [0.25, 0.3) is 33.5 Å². The summed E-state index contributed by atoms with van der Waals surface area (Å²) in [5.74, 6) is 0.830. The summed E-state index contributed by atoms with van der Waals surface area (Å²) in [5, 5.41) is 11.4. The van der Waals surface area contributed by atoms with Crippen molar-refractivity contribution in [2.45, 2.75) is 13.5 Å². The summed E-state index contributed by atoms with van der Waals surface area (Å²) in [7, 11) is 1.88. The Morgan fingerprint density at radius 2 is 2.00 bits per heavy atom. The second kappa shape index (κ2) is 5.23. The zero-order valence-corrected chi connectivity index (χ0v) is 13.5. The quantitative estimate of drug-likeness (QED) is 0.585. The molecule has 0 spiro atoms. The molecule has 0 radical (unpaired) electrons. The van der Waals surface area contributed by atoms with Gasteiger partial charge in [-0.1, -0.05) is 18.2 Å². The molecule has 4 rings (SSSR count). The van der Waals surface area contributed by atoms with E-state index in [9.17, 15) is 9.90 Å². The molecular formula is C19H17N3O2. The van der Waals surface area contributed by atoms with Gasteiger partial charge >= 0.3 is 0 Å². The van der Waals surface area contributed by atoms with Gasteiger partial charge in [0.2, 0.25) is 0 Å². The first-order chi connectivity index (χ1) is 11.6. The van der Waals surface area contributed by atoms with Crippen molar-refractivity contribution in [2.24, 2.45) is 7.05 Å². The summed E-state index contributed by atoms with van der Waals surface area (Å²) in [6.45, 7) is 2.91. The molecule has 2 aromatic heterocycles. The number of aryl methyl sites for hydroxylation is 2. The van der Waals surface area contributed by atoms with Crippen molar-refractivity contribution in [1.29, 1.82) is 0 Å². The van der Waals surface area contributed by atoms with E-state index in [1.165, 1.54) is 6.07 Å². The van der Waals surface area contributed by atoms with Crippen LogP contribution in [0.15, 0.2) is 42.5 Å². The Balaban J connectivity index is 2.05. The lowest BCUT2D eigenvalue weighted by Crippen LogP contribution is -2.01. The predicted molar refractivity (Wildman–Crippen MR) is 94.4 cm³/mol. The highest BCUT2D eigenvalue weighted by atomic mass is 16.3. The number of hydrogen-bond acceptors (Lipinski definition) is 3. The molecule has 0 aliphatic heterocycles. The molecule has 4 aromatic rings. The number of phenolic OH excluding ortho intramolecular Hbond substituents is 1. The monoisotopic (exact) mass is 319 g/mol. The Bertz CT molecular complexity index is 1090. The fraction of sp³-hybridized carbons (Fsp3) is 0.158. The van der Waals surface area contributed by atoms with Crippen LogP contribution in [-0.2, 0) is 13.6 Å². The van der Waals surface area contributed by atoms with Crippen LogP contribution in [-0.4, -0.2) is 25.5 Å². The maximum atomic E-state index is 11.0. The number of fused-ring (bicyclic) bond motifs is 2. The second-order valence-electron chi connectivity index (χ2n) is 5.85. The van der Waals surface area contributed by atoms with Crippen LogP contribution in [0.5, 0.6) is 5.75 Å². The number of carbonyl (C=O) groups excluding carboxylic acids is 1. The number of aromatic hydroxyl groups is 1. The van der Waals surface area contributed by atoms with Gasteiger partial charge < -0.3 is 14.2 Å². The molecule has 24 heavy (non-hydrogen) atoms. The van der Waals surface area contributed by atoms with Crippen molar-refractivity contribution in [3.05, 3.63) is 48.0 Å². The minimum atomic E-state index is 0.0648. The Morgan fingerprint density at radius 3 is 2.75 bits per heavy atom. The number of benzene rings is 2. The van der Waals surface area contributed by atoms with Crippen LogP contribution in [0, 0.1) is 0 Å². The highest BCUT2D eigenvalue weighted by molar-refractivity contribution is 5.93. The normalized spacial score (nSPS) is 11.4. The lowest BCUT2D eigenvalue weighted by Gasteiger charge is -2.08. The molecule has 0 unspecified atom stereocenters. The molecule has 5 heteroatoms. The third-order valence-corrected chi connectivity index (χ3v) is 4.46. The van der Waals surface area contributed by atoms with Crippen molar-refractivity contribution >= 4 is 28.2 Å². The predicted octanol–water partition coefficient (Wildman–Crippen LogP) is 3.73. The van der Waals surface area contributed by atoms with Gasteiger partial charge in [0.1, 0.15) is 17.6 Å². The molecule has 0 fully saturated rings. The fourth-order valence-corrected chi connectivity index (χ4v) is 3.38. The van der Waals surface area contributed by atoms with E-state index in [0.29, 0.717) is 16.6 Å². The van der Waals surface area contributed by atoms with E-state index < -0.39 is 0 Å². The summed E-state index contributed by atoms with van der Waals surface area (Å²) in [6.07, 6.45) is 0.719. The zero-order chi connectivity index (χ0) is 16.8. The molecule has 0 atom stereocenters. The van der Waals surface area contributed by atoms with E-state index in [1.54, 1.807) is 6.07 Å². The van der Waals surface area contributed by atoms with Crippen LogP contribution in [0.3, 0.4) is 0 Å². The minimum Gasteiger partial charge on any atom is -0.506 e. The molecule has 2 heterocycles. The van der Waals surface area contributed by atoms with E-state index in [1.807, 2.05) is 23.7 Å². The maximum Gasteiger partial charge on any atom is 0.157 e. The lowest BCUT2D eigenvalue weighted by molar-refractivity contribution is 0.112. The maximum absolute atomic E-state index is 11.0. The smallest absolute Gasteiger partial charge is 0.157 e. The lowest BCUT2D eigenvalue weighted by atomic mass is 10.2. The Labute approximate surface area is 138 Å². The molecule has 0 saturated carbocycles. The van der Waals surface area contributed by atoms with Crippen molar-refractivity contribution in [3.63, 3.8) is 0 Å². The van der Waals surface area contributed by atoms with Gasteiger partial charge in [0, 0.05) is 30.1 Å². The van der Waals surface area contributed by atoms with Gasteiger partial charge in [-0.15, -0.1) is 0 Å². The minimum absolute atomic E-state index is 0.0648. The standard InChI is InChI=1S/C19H17N3O2/c1-3-22-15-7-5-4-6-13(15)10-16(22)19-20-14-8-12(11-23)9-17(24)18(14)21(19)2/h4-11,24H,3H2,1-2H3. The van der Waals surface area contributed by atoms with Crippen LogP contribution >= 0.6 is 0 Å². The highest BCUT2D eigenvalue weighted by Gasteiger charge is 2.18. The van der Waals surface area contributed by atoms with Gasteiger partial charge in [0.15, 0.2) is 5.82 Å². The van der Waals surface area contributed by atoms with E-state index in [2.05, 4.69) is 34.7 Å². The summed E-state index contributed by atoms with van der Waals surface area (Å²) in [4.78, 5) is 15.7. The van der Waals surface area contributed by atoms with Gasteiger partial charge in [-0.25, -0.2) is 4.98 Å². The number of aromatic nitrogens is 3. The third-order valence-electron chi connectivity index (χ3n) is 4.46. The van der Waals surface area contributed by atoms with Gasteiger partial charge in [-0.3, -0.25) is 4.79 Å². The molecule has 0 saturated heterocycles. The molecule has 120 valence electrons. The summed E-state index contributed by atoms with van der Waals surface area (Å²) in [5.41, 5.74) is 3.80. The highest BCUT2D eigenvalue weighted by Crippen LogP contribution is 2.33. The number of rotatable bonds is 3. The number of nitrogens with zero attached hydrogens (tertiary/aromatic N) is 3. The largest absolute Gasteiger partial charge is 0.506 e. The second-order valence-corrected chi connectivity index (χ2v) is 5.85. The van der Waals surface area contributed by atoms with Crippen LogP contribution in [0.2, 0.25) is 0 Å². The number of phenols is 1. The topological polar surface area (TPSA) is 60.1 Å². The summed E-state index contributed by atoms with van der Waals surface area (Å²) < 4.78 is 4.08. The van der Waals surface area contributed by atoms with Crippen LogP contribution < -0.4 is 0 Å². The molecule has 0 aliphatic carbocycles. The molecule has 5 nitrogen and oxygen atoms in total. The number of imidazole rings is 1. The van der Waals surface area contributed by atoms with Gasteiger partial charge in [-0.05, 0) is 31.2 Å². The summed E-state index contributed by atoms with van der Waals surface area (Å²) >= 11 is 0. The third kappa shape index (κ3) is 1.94. The number of hydrogen-bond donors (Lipinski definition) is 1. The average Bonchev–Trinajstić information content (AvgIpc) is 3.12. The molecule has 0 amide bonds. The molecule has 2 aromatic carbocycles. The molecule has 1 N–H and O–H groups in total. The van der Waals surface area contributed by atoms with E-state index in [-0.39, 0.29) is 5.75 Å². The SMILES string of the molecule is CCn1c(-c2nc3cc(C=O)cc(O)c3n2C)cc2ccccc21. The van der Waals surface area contributed by atoms with Crippen molar-refractivity contribution in [1.82, 2.24) is 14.1 Å². The summed E-state index contributed by atoms with van der Waals surface area (Å²) in [6, 6.07) is 13.5. The number of aldehydes is 1. The first kappa shape index (κ1) is 14.5. The van der Waals surface area contributed by atoms with Gasteiger partial charge in [0.25, 0.3) is 0 Å². The number of para-hydroxylation sites is 1. The van der Waals surface area contributed by atoms with E-state index in [0.717, 1.165) is 35.3 Å². The first-order valence-corrected chi connectivity index (χ1v) is 7.87. The van der Waals surface area contributed by atoms with Crippen LogP contribution in [0.4, 0.5) is 0 Å². The fourth-order valence-electron chi connectivity index (χ4n) is 3.38. The van der Waals surface area contributed by atoms with E-state index in [4.69, 9.17) is 0 Å². The first-order valence-electron chi connectivity index (χ1n) is 7.87. The van der Waals surface area contributed by atoms with Gasteiger partial charge in [0.05, 0.1) is 11.2 Å². The van der Waals surface area contributed by atoms with Crippen molar-refractivity contribution < 1.29 is 9.90 Å². The number of carbonyl (C=O) groups is 1. The average molecular weight is 319 g/mol. The van der Waals surface area contributed by atoms with Crippen LogP contribution in [0.1, 0.15) is 17.3 Å². The molecule has 0 bridgehead atoms. The Hall–Kier alpha value is -3.08. The van der Waals surface area contributed by atoms with Crippen molar-refractivity contribution in [3.8, 4) is 17.3 Å². The molecular weight excluding hydrogens is 302 g/mol. The molecule has 0 aliphatic rings. The zero-order valence-electron chi connectivity index (χ0n) is 13.5. The Kier molecular flexibility index (Phi) is 3.16. The Morgan fingerprint density at radius 1 is 1.21 bits per heavy atom.